The first-order valence-corrected chi connectivity index (χ1v) is 8.49. The summed E-state index contributed by atoms with van der Waals surface area (Å²) in [5.74, 6) is -0.888. The van der Waals surface area contributed by atoms with Gasteiger partial charge < -0.3 is 9.64 Å². The van der Waals surface area contributed by atoms with Crippen molar-refractivity contribution in [1.82, 2.24) is 9.97 Å². The Labute approximate surface area is 150 Å². The van der Waals surface area contributed by atoms with Gasteiger partial charge in [-0.05, 0) is 36.6 Å². The van der Waals surface area contributed by atoms with E-state index in [0.29, 0.717) is 17.6 Å². The summed E-state index contributed by atoms with van der Waals surface area (Å²) < 4.78 is 5.17. The minimum absolute atomic E-state index is 0.0931. The molecular formula is C20H17N3O3. The van der Waals surface area contributed by atoms with E-state index >= 15 is 0 Å². The van der Waals surface area contributed by atoms with Gasteiger partial charge in [-0.15, -0.1) is 0 Å². The Balaban J connectivity index is 1.45. The second-order valence-corrected chi connectivity index (χ2v) is 6.10. The van der Waals surface area contributed by atoms with Gasteiger partial charge in [-0.3, -0.25) is 9.78 Å². The van der Waals surface area contributed by atoms with E-state index in [-0.39, 0.29) is 18.2 Å². The number of aromatic nitrogens is 2. The monoisotopic (exact) mass is 347 g/mol. The predicted molar refractivity (Wildman–Crippen MR) is 96.9 cm³/mol. The van der Waals surface area contributed by atoms with Crippen molar-refractivity contribution in [2.75, 3.05) is 18.1 Å². The number of esters is 1. The van der Waals surface area contributed by atoms with Crippen molar-refractivity contribution in [2.45, 2.75) is 12.8 Å². The molecule has 0 saturated heterocycles. The number of hydrogen-bond acceptors (Lipinski definition) is 5. The van der Waals surface area contributed by atoms with Gasteiger partial charge in [0.15, 0.2) is 12.3 Å². The second kappa shape index (κ2) is 6.92. The van der Waals surface area contributed by atoms with E-state index in [1.165, 1.54) is 6.20 Å². The molecule has 1 amide bonds. The van der Waals surface area contributed by atoms with Crippen LogP contribution in [-0.4, -0.2) is 35.0 Å². The zero-order valence-electron chi connectivity index (χ0n) is 14.1. The van der Waals surface area contributed by atoms with Gasteiger partial charge in [-0.25, -0.2) is 9.78 Å². The summed E-state index contributed by atoms with van der Waals surface area (Å²) in [4.78, 5) is 34.9. The van der Waals surface area contributed by atoms with Gasteiger partial charge in [-0.2, -0.15) is 0 Å². The predicted octanol–water partition coefficient (Wildman–Crippen LogP) is 2.77. The first kappa shape index (κ1) is 16.2. The van der Waals surface area contributed by atoms with Crippen LogP contribution >= 0.6 is 0 Å². The third-order valence-electron chi connectivity index (χ3n) is 4.40. The summed E-state index contributed by atoms with van der Waals surface area (Å²) in [5.41, 5.74) is 3.43. The largest absolute Gasteiger partial charge is 0.451 e. The fourth-order valence-electron chi connectivity index (χ4n) is 3.13. The Hall–Kier alpha value is -3.28. The number of aryl methyl sites for hydroxylation is 1. The van der Waals surface area contributed by atoms with Crippen LogP contribution in [0.15, 0.2) is 54.7 Å². The van der Waals surface area contributed by atoms with E-state index in [4.69, 9.17) is 4.74 Å². The lowest BCUT2D eigenvalue weighted by molar-refractivity contribution is -0.121. The van der Waals surface area contributed by atoms with Crippen LogP contribution in [0, 0.1) is 0 Å². The summed E-state index contributed by atoms with van der Waals surface area (Å²) in [7, 11) is 0. The zero-order chi connectivity index (χ0) is 17.9. The van der Waals surface area contributed by atoms with Gasteiger partial charge >= 0.3 is 5.97 Å². The lowest BCUT2D eigenvalue weighted by Crippen LogP contribution is -2.38. The minimum Gasteiger partial charge on any atom is -0.451 e. The molecule has 0 N–H and O–H groups in total. The average molecular weight is 347 g/mol. The maximum atomic E-state index is 12.5. The molecule has 0 spiro atoms. The minimum atomic E-state index is -0.651. The number of benzene rings is 2. The normalized spacial score (nSPS) is 13.3. The Bertz CT molecular complexity index is 987. The van der Waals surface area contributed by atoms with Gasteiger partial charge in [0.05, 0.1) is 17.2 Å². The van der Waals surface area contributed by atoms with Gasteiger partial charge in [0, 0.05) is 12.2 Å². The first-order valence-electron chi connectivity index (χ1n) is 8.49. The van der Waals surface area contributed by atoms with Crippen LogP contribution in [0.3, 0.4) is 0 Å². The molecule has 1 aliphatic heterocycles. The van der Waals surface area contributed by atoms with Crippen molar-refractivity contribution in [3.63, 3.8) is 0 Å². The number of nitrogens with zero attached hydrogens (tertiary/aromatic N) is 3. The van der Waals surface area contributed by atoms with Crippen molar-refractivity contribution >= 4 is 28.6 Å². The molecule has 3 aromatic rings. The van der Waals surface area contributed by atoms with Crippen LogP contribution in [0.25, 0.3) is 11.0 Å². The highest BCUT2D eigenvalue weighted by Crippen LogP contribution is 2.26. The third-order valence-corrected chi connectivity index (χ3v) is 4.40. The van der Waals surface area contributed by atoms with Gasteiger partial charge in [-0.1, -0.05) is 30.3 Å². The number of carbonyl (C=O) groups is 2. The van der Waals surface area contributed by atoms with Crippen LogP contribution < -0.4 is 4.90 Å². The van der Waals surface area contributed by atoms with Crippen LogP contribution in [0.1, 0.15) is 22.5 Å². The van der Waals surface area contributed by atoms with E-state index < -0.39 is 5.97 Å². The molecule has 1 aliphatic rings. The molecule has 0 unspecified atom stereocenters. The molecule has 2 aromatic carbocycles. The number of carbonyl (C=O) groups excluding carboxylic acids is 2. The standard InChI is InChI=1S/C20H17N3O3/c24-19(23-11-5-7-14-6-1-4-10-18(14)23)13-26-20(25)17-12-21-15-8-2-3-9-16(15)22-17/h1-4,6,8-10,12H,5,7,11,13H2. The highest BCUT2D eigenvalue weighted by molar-refractivity contribution is 5.97. The van der Waals surface area contributed by atoms with E-state index in [1.54, 1.807) is 11.0 Å². The number of rotatable bonds is 3. The molecule has 130 valence electrons. The molecule has 0 fully saturated rings. The molecule has 6 heteroatoms. The van der Waals surface area contributed by atoms with E-state index in [0.717, 1.165) is 24.1 Å². The van der Waals surface area contributed by atoms with Crippen LogP contribution in [0.2, 0.25) is 0 Å². The number of fused-ring (bicyclic) bond motifs is 2. The third kappa shape index (κ3) is 3.13. The van der Waals surface area contributed by atoms with Crippen molar-refractivity contribution in [3.05, 3.63) is 66.0 Å². The number of anilines is 1. The Morgan fingerprint density at radius 3 is 2.69 bits per heavy atom. The fraction of sp³-hybridized carbons (Fsp3) is 0.200. The Kier molecular flexibility index (Phi) is 4.31. The van der Waals surface area contributed by atoms with Crippen LogP contribution in [0.5, 0.6) is 0 Å². The topological polar surface area (TPSA) is 72.4 Å². The van der Waals surface area contributed by atoms with Gasteiger partial charge in [0.2, 0.25) is 0 Å². The van der Waals surface area contributed by atoms with Gasteiger partial charge in [0.1, 0.15) is 0 Å². The molecule has 0 radical (unpaired) electrons. The molecule has 2 heterocycles. The summed E-state index contributed by atoms with van der Waals surface area (Å²) in [5, 5.41) is 0. The smallest absolute Gasteiger partial charge is 0.359 e. The molecule has 4 rings (SSSR count). The Morgan fingerprint density at radius 1 is 1.04 bits per heavy atom. The summed E-state index contributed by atoms with van der Waals surface area (Å²) in [6.07, 6.45) is 3.21. The quantitative estimate of drug-likeness (QED) is 0.681. The van der Waals surface area contributed by atoms with E-state index in [2.05, 4.69) is 9.97 Å². The summed E-state index contributed by atoms with van der Waals surface area (Å²) >= 11 is 0. The van der Waals surface area contributed by atoms with Crippen LogP contribution in [-0.2, 0) is 16.0 Å². The average Bonchev–Trinajstić information content (AvgIpc) is 2.71. The van der Waals surface area contributed by atoms with Crippen LogP contribution in [0.4, 0.5) is 5.69 Å². The van der Waals surface area contributed by atoms with Gasteiger partial charge in [0.25, 0.3) is 5.91 Å². The molecule has 0 saturated carbocycles. The Morgan fingerprint density at radius 2 is 1.81 bits per heavy atom. The second-order valence-electron chi connectivity index (χ2n) is 6.10. The first-order chi connectivity index (χ1) is 12.7. The molecular weight excluding hydrogens is 330 g/mol. The molecule has 26 heavy (non-hydrogen) atoms. The lowest BCUT2D eigenvalue weighted by Gasteiger charge is -2.29. The van der Waals surface area contributed by atoms with E-state index in [1.807, 2.05) is 42.5 Å². The lowest BCUT2D eigenvalue weighted by atomic mass is 10.0. The fourth-order valence-corrected chi connectivity index (χ4v) is 3.13. The maximum absolute atomic E-state index is 12.5. The van der Waals surface area contributed by atoms with Crippen molar-refractivity contribution in [2.24, 2.45) is 0 Å². The molecule has 0 aliphatic carbocycles. The molecule has 0 bridgehead atoms. The number of amides is 1. The highest BCUT2D eigenvalue weighted by atomic mass is 16.5. The number of para-hydroxylation sites is 3. The summed E-state index contributed by atoms with van der Waals surface area (Å²) in [6, 6.07) is 15.1. The number of ether oxygens (including phenoxy) is 1. The summed E-state index contributed by atoms with van der Waals surface area (Å²) in [6.45, 7) is 0.310. The van der Waals surface area contributed by atoms with E-state index in [9.17, 15) is 9.59 Å². The molecule has 6 nitrogen and oxygen atoms in total. The molecule has 1 aromatic heterocycles. The highest BCUT2D eigenvalue weighted by Gasteiger charge is 2.23. The maximum Gasteiger partial charge on any atom is 0.359 e. The van der Waals surface area contributed by atoms with Crippen molar-refractivity contribution in [1.29, 1.82) is 0 Å². The van der Waals surface area contributed by atoms with Crippen molar-refractivity contribution < 1.29 is 14.3 Å². The SMILES string of the molecule is O=C(OCC(=O)N1CCCc2ccccc21)c1cnc2ccccc2n1. The zero-order valence-corrected chi connectivity index (χ0v) is 14.1. The number of hydrogen-bond donors (Lipinski definition) is 0. The molecule has 0 atom stereocenters. The van der Waals surface area contributed by atoms with Crippen molar-refractivity contribution in [3.8, 4) is 0 Å².